The summed E-state index contributed by atoms with van der Waals surface area (Å²) in [5.74, 6) is -0.160. The van der Waals surface area contributed by atoms with E-state index in [-0.39, 0.29) is 5.91 Å². The largest absolute Gasteiger partial charge is 0.372 e. The summed E-state index contributed by atoms with van der Waals surface area (Å²) in [5.41, 5.74) is 11.5. The van der Waals surface area contributed by atoms with Crippen LogP contribution in [0.5, 0.6) is 0 Å². The first-order valence-corrected chi connectivity index (χ1v) is 15.8. The number of nitrogens with zero attached hydrogens (tertiary/aromatic N) is 3. The maximum atomic E-state index is 12.9. The molecule has 1 aromatic heterocycles. The summed E-state index contributed by atoms with van der Waals surface area (Å²) < 4.78 is 0. The van der Waals surface area contributed by atoms with Crippen LogP contribution in [0.4, 0.5) is 11.4 Å². The van der Waals surface area contributed by atoms with Gasteiger partial charge in [0, 0.05) is 43.8 Å². The van der Waals surface area contributed by atoms with E-state index in [0.29, 0.717) is 5.56 Å². The molecule has 0 atom stereocenters. The number of fused-ring (bicyclic) bond motifs is 1. The van der Waals surface area contributed by atoms with Gasteiger partial charge < -0.3 is 9.80 Å². The van der Waals surface area contributed by atoms with E-state index in [2.05, 4.69) is 96.9 Å². The highest BCUT2D eigenvalue weighted by Gasteiger charge is 2.44. The fourth-order valence-electron chi connectivity index (χ4n) is 5.73. The number of unbranched alkanes of at least 4 members (excludes halogenated alkanes) is 4. The van der Waals surface area contributed by atoms with Crippen LogP contribution in [0, 0.1) is 0 Å². The maximum Gasteiger partial charge on any atom is 0.267 e. The molecule has 0 saturated heterocycles. The van der Waals surface area contributed by atoms with Crippen molar-refractivity contribution < 1.29 is 4.79 Å². The summed E-state index contributed by atoms with van der Waals surface area (Å²) in [6.45, 7) is 13.2. The number of anilines is 2. The van der Waals surface area contributed by atoms with E-state index in [1.54, 1.807) is 6.20 Å². The summed E-state index contributed by atoms with van der Waals surface area (Å²) in [6.07, 6.45) is 11.2. The van der Waals surface area contributed by atoms with Gasteiger partial charge in [-0.2, -0.15) is 0 Å². The van der Waals surface area contributed by atoms with Crippen LogP contribution in [0.25, 0.3) is 0 Å². The predicted molar refractivity (Wildman–Crippen MR) is 172 cm³/mol. The molecular weight excluding hydrogens is 506 g/mol. The van der Waals surface area contributed by atoms with Gasteiger partial charge in [0.25, 0.3) is 5.91 Å². The van der Waals surface area contributed by atoms with E-state index in [9.17, 15) is 4.79 Å². The van der Waals surface area contributed by atoms with Crippen molar-refractivity contribution in [2.24, 2.45) is 0 Å². The second kappa shape index (κ2) is 15.0. The molecule has 2 aromatic carbocycles. The molecule has 41 heavy (non-hydrogen) atoms. The van der Waals surface area contributed by atoms with Gasteiger partial charge in [-0.3, -0.25) is 15.2 Å². The first-order chi connectivity index (χ1) is 20.1. The Labute approximate surface area is 247 Å². The highest BCUT2D eigenvalue weighted by atomic mass is 16.2. The Morgan fingerprint density at radius 3 is 1.51 bits per heavy atom. The summed E-state index contributed by atoms with van der Waals surface area (Å²) >= 11 is 0. The molecule has 6 nitrogen and oxygen atoms in total. The average molecular weight is 556 g/mol. The number of pyridine rings is 1. The van der Waals surface area contributed by atoms with Crippen molar-refractivity contribution in [3.05, 3.63) is 89.2 Å². The lowest BCUT2D eigenvalue weighted by atomic mass is 9.77. The van der Waals surface area contributed by atoms with Crippen molar-refractivity contribution >= 4 is 17.3 Å². The van der Waals surface area contributed by atoms with Crippen molar-refractivity contribution in [3.63, 3.8) is 0 Å². The predicted octanol–water partition coefficient (Wildman–Crippen LogP) is 7.43. The smallest absolute Gasteiger partial charge is 0.267 e. The normalized spacial score (nSPS) is 13.9. The molecule has 0 unspecified atom stereocenters. The molecule has 0 aliphatic carbocycles. The maximum absolute atomic E-state index is 12.9. The highest BCUT2D eigenvalue weighted by molar-refractivity contribution is 5.97. The molecule has 1 amide bonds. The molecule has 2 heterocycles. The molecule has 0 saturated carbocycles. The number of hydrogen-bond donors (Lipinski definition) is 2. The number of amides is 1. The molecule has 0 radical (unpaired) electrons. The number of nitrogens with one attached hydrogen (secondary N) is 2. The molecule has 1 aliphatic rings. The SMILES string of the molecule is CCCCN(CCCC)c1ccc(C2(c3ccc(N(CCCC)CCCC)cc3)NNC(=O)c3cccnc32)cc1. The van der Waals surface area contributed by atoms with Crippen molar-refractivity contribution in [3.8, 4) is 0 Å². The summed E-state index contributed by atoms with van der Waals surface area (Å²) in [5, 5.41) is 0. The van der Waals surface area contributed by atoms with Gasteiger partial charge in [0.1, 0.15) is 5.54 Å². The molecule has 2 N–H and O–H groups in total. The molecule has 1 aliphatic heterocycles. The number of hydrazine groups is 1. The monoisotopic (exact) mass is 555 g/mol. The van der Waals surface area contributed by atoms with E-state index in [1.165, 1.54) is 62.7 Å². The van der Waals surface area contributed by atoms with Crippen LogP contribution in [-0.2, 0) is 5.54 Å². The molecule has 6 heteroatoms. The van der Waals surface area contributed by atoms with E-state index < -0.39 is 5.54 Å². The standard InChI is InChI=1S/C35H49N5O/c1-5-9-24-39(25-10-6-2)30-19-15-28(16-20-30)35(33-32(14-13-23-36-33)34(41)37-38-35)29-17-21-31(22-18-29)40(26-11-7-3)27-12-8-4/h13-23,38H,5-12,24-27H2,1-4H3,(H,37,41). The van der Waals surface area contributed by atoms with Crippen LogP contribution < -0.4 is 20.7 Å². The third-order valence-electron chi connectivity index (χ3n) is 8.23. The van der Waals surface area contributed by atoms with Crippen molar-refractivity contribution in [2.45, 2.75) is 84.6 Å². The van der Waals surface area contributed by atoms with E-state index in [1.807, 2.05) is 12.1 Å². The molecule has 3 aromatic rings. The zero-order valence-electron chi connectivity index (χ0n) is 25.6. The minimum atomic E-state index is -0.809. The number of benzene rings is 2. The Morgan fingerprint density at radius 1 is 0.659 bits per heavy atom. The third kappa shape index (κ3) is 6.92. The Hall–Kier alpha value is -3.38. The van der Waals surface area contributed by atoms with Crippen molar-refractivity contribution in [1.29, 1.82) is 0 Å². The lowest BCUT2D eigenvalue weighted by molar-refractivity contribution is 0.0895. The van der Waals surface area contributed by atoms with Gasteiger partial charge in [0.2, 0.25) is 0 Å². The Kier molecular flexibility index (Phi) is 11.2. The molecule has 220 valence electrons. The van der Waals surface area contributed by atoms with Gasteiger partial charge >= 0.3 is 0 Å². The van der Waals surface area contributed by atoms with Gasteiger partial charge in [-0.05, 0) is 73.2 Å². The summed E-state index contributed by atoms with van der Waals surface area (Å²) in [4.78, 5) is 22.7. The fourth-order valence-corrected chi connectivity index (χ4v) is 5.73. The lowest BCUT2D eigenvalue weighted by Crippen LogP contribution is -2.58. The Morgan fingerprint density at radius 2 is 1.10 bits per heavy atom. The van der Waals surface area contributed by atoms with Gasteiger partial charge in [0.15, 0.2) is 0 Å². The minimum absolute atomic E-state index is 0.160. The second-order valence-electron chi connectivity index (χ2n) is 11.2. The van der Waals surface area contributed by atoms with Crippen LogP contribution in [0.2, 0.25) is 0 Å². The van der Waals surface area contributed by atoms with Gasteiger partial charge in [-0.1, -0.05) is 77.6 Å². The number of rotatable bonds is 16. The van der Waals surface area contributed by atoms with Crippen LogP contribution in [-0.4, -0.2) is 37.1 Å². The van der Waals surface area contributed by atoms with Crippen LogP contribution in [0.15, 0.2) is 66.9 Å². The van der Waals surface area contributed by atoms with Crippen molar-refractivity contribution in [2.75, 3.05) is 36.0 Å². The molecule has 0 spiro atoms. The number of carbonyl (C=O) groups excluding carboxylic acids is 1. The Bertz CT molecular complexity index is 1140. The highest BCUT2D eigenvalue weighted by Crippen LogP contribution is 2.40. The van der Waals surface area contributed by atoms with E-state index in [4.69, 9.17) is 4.98 Å². The van der Waals surface area contributed by atoms with Gasteiger partial charge in [-0.25, -0.2) is 5.43 Å². The molecule has 0 bridgehead atoms. The van der Waals surface area contributed by atoms with Crippen LogP contribution in [0.1, 0.15) is 106 Å². The zero-order valence-corrected chi connectivity index (χ0v) is 25.6. The summed E-state index contributed by atoms with van der Waals surface area (Å²) in [7, 11) is 0. The Balaban J connectivity index is 1.76. The van der Waals surface area contributed by atoms with E-state index >= 15 is 0 Å². The van der Waals surface area contributed by atoms with Crippen LogP contribution in [0.3, 0.4) is 0 Å². The van der Waals surface area contributed by atoms with E-state index in [0.717, 1.165) is 43.0 Å². The number of hydrogen-bond acceptors (Lipinski definition) is 5. The van der Waals surface area contributed by atoms with Gasteiger partial charge in [-0.15, -0.1) is 0 Å². The average Bonchev–Trinajstić information content (AvgIpc) is 3.02. The zero-order chi connectivity index (χ0) is 29.1. The first-order valence-electron chi connectivity index (χ1n) is 15.8. The third-order valence-corrected chi connectivity index (χ3v) is 8.23. The second-order valence-corrected chi connectivity index (χ2v) is 11.2. The first kappa shape index (κ1) is 30.6. The topological polar surface area (TPSA) is 60.5 Å². The van der Waals surface area contributed by atoms with Gasteiger partial charge in [0.05, 0.1) is 11.3 Å². The minimum Gasteiger partial charge on any atom is -0.372 e. The fraction of sp³-hybridized carbons (Fsp3) is 0.486. The molecule has 0 fully saturated rings. The quantitative estimate of drug-likeness (QED) is 0.192. The molecular formula is C35H49N5O. The number of carbonyl (C=O) groups is 1. The molecule has 4 rings (SSSR count). The number of aromatic nitrogens is 1. The van der Waals surface area contributed by atoms with Crippen molar-refractivity contribution in [1.82, 2.24) is 15.8 Å². The summed E-state index contributed by atoms with van der Waals surface area (Å²) in [6, 6.07) is 21.4. The lowest BCUT2D eigenvalue weighted by Gasteiger charge is -2.40. The van der Waals surface area contributed by atoms with Crippen LogP contribution >= 0.6 is 0 Å².